The molecule has 0 atom stereocenters. The number of unbranched alkanes of at least 4 members (excludes halogenated alkanes) is 1. The summed E-state index contributed by atoms with van der Waals surface area (Å²) in [6.45, 7) is 21.5. The molecule has 2 fully saturated rings. The largest absolute Gasteiger partial charge is 0.369 e. The molecule has 2 aliphatic heterocycles. The van der Waals surface area contributed by atoms with E-state index in [-0.39, 0.29) is 0 Å². The molecule has 0 N–H and O–H groups in total. The summed E-state index contributed by atoms with van der Waals surface area (Å²) in [5.41, 5.74) is 2.80. The van der Waals surface area contributed by atoms with Crippen molar-refractivity contribution in [2.75, 3.05) is 68.7 Å². The molecule has 0 amide bonds. The summed E-state index contributed by atoms with van der Waals surface area (Å²) in [6.07, 6.45) is 2.63. The zero-order valence-electron chi connectivity index (χ0n) is 18.5. The quantitative estimate of drug-likeness (QED) is 0.741. The minimum Gasteiger partial charge on any atom is -0.369 e. The van der Waals surface area contributed by atoms with Crippen LogP contribution in [-0.2, 0) is 0 Å². The van der Waals surface area contributed by atoms with Gasteiger partial charge in [-0.1, -0.05) is 33.3 Å². The highest BCUT2D eigenvalue weighted by Crippen LogP contribution is 2.25. The minimum atomic E-state index is 0.664. The maximum atomic E-state index is 2.62. The second-order valence-corrected chi connectivity index (χ2v) is 7.82. The van der Waals surface area contributed by atoms with Crippen molar-refractivity contribution in [3.63, 3.8) is 0 Å². The van der Waals surface area contributed by atoms with Gasteiger partial charge in [0.05, 0.1) is 0 Å². The third kappa shape index (κ3) is 6.39. The van der Waals surface area contributed by atoms with Gasteiger partial charge in [-0.2, -0.15) is 0 Å². The van der Waals surface area contributed by atoms with Crippen LogP contribution in [0.25, 0.3) is 0 Å². The molecule has 2 saturated heterocycles. The summed E-state index contributed by atoms with van der Waals surface area (Å²) in [6, 6.07) is 9.88. The lowest BCUT2D eigenvalue weighted by atomic mass is 10.2. The molecule has 27 heavy (non-hydrogen) atoms. The van der Waals surface area contributed by atoms with Crippen LogP contribution in [0.3, 0.4) is 0 Å². The highest BCUT2D eigenvalue weighted by molar-refractivity contribution is 5.60. The number of benzene rings is 1. The highest BCUT2D eigenvalue weighted by atomic mass is 15.3. The number of rotatable bonds is 6. The normalized spacial score (nSPS) is 19.2. The van der Waals surface area contributed by atoms with Gasteiger partial charge in [0.1, 0.15) is 0 Å². The predicted octanol–water partition coefficient (Wildman–Crippen LogP) is 4.17. The Morgan fingerprint density at radius 1 is 0.815 bits per heavy atom. The summed E-state index contributed by atoms with van der Waals surface area (Å²) in [5.74, 6) is 0. The average Bonchev–Trinajstić information content (AvgIpc) is 2.74. The van der Waals surface area contributed by atoms with E-state index in [1.54, 1.807) is 0 Å². The van der Waals surface area contributed by atoms with Gasteiger partial charge in [0.15, 0.2) is 0 Å². The second-order valence-electron chi connectivity index (χ2n) is 7.82. The van der Waals surface area contributed by atoms with E-state index in [9.17, 15) is 0 Å². The van der Waals surface area contributed by atoms with Gasteiger partial charge in [-0.05, 0) is 45.0 Å². The third-order valence-electron chi connectivity index (χ3n) is 5.80. The van der Waals surface area contributed by atoms with Crippen LogP contribution in [0.15, 0.2) is 24.3 Å². The fraction of sp³-hybridized carbons (Fsp3) is 0.739. The maximum Gasteiger partial charge on any atom is 0.0387 e. The Labute approximate surface area is 168 Å². The van der Waals surface area contributed by atoms with Crippen LogP contribution < -0.4 is 9.80 Å². The fourth-order valence-electron chi connectivity index (χ4n) is 3.99. The molecule has 0 bridgehead atoms. The number of anilines is 2. The molecule has 4 heteroatoms. The summed E-state index contributed by atoms with van der Waals surface area (Å²) in [5, 5.41) is 0. The Kier molecular flexibility index (Phi) is 9.43. The van der Waals surface area contributed by atoms with Crippen LogP contribution in [0, 0.1) is 0 Å². The van der Waals surface area contributed by atoms with Crippen LogP contribution in [0.2, 0.25) is 0 Å². The van der Waals surface area contributed by atoms with Crippen LogP contribution in [0.5, 0.6) is 0 Å². The molecule has 2 aliphatic rings. The monoisotopic (exact) mass is 374 g/mol. The standard InChI is InChI=1S/C21H36N4.C2H6/c1-4-5-9-22-10-12-24(13-11-22)20-7-6-8-21(18-20)25-16-14-23(15-17-25)19(2)3;1-2/h6-8,18-19H,4-5,9-17H2,1-3H3;1-2H3. The fourth-order valence-corrected chi connectivity index (χ4v) is 3.99. The molecular weight excluding hydrogens is 332 g/mol. The first-order chi connectivity index (χ1) is 13.2. The smallest absolute Gasteiger partial charge is 0.0387 e. The highest BCUT2D eigenvalue weighted by Gasteiger charge is 2.21. The number of hydrogen-bond acceptors (Lipinski definition) is 4. The van der Waals surface area contributed by atoms with Crippen molar-refractivity contribution in [1.29, 1.82) is 0 Å². The van der Waals surface area contributed by atoms with E-state index in [1.165, 1.54) is 56.9 Å². The van der Waals surface area contributed by atoms with E-state index in [1.807, 2.05) is 13.8 Å². The van der Waals surface area contributed by atoms with Gasteiger partial charge in [0, 0.05) is 69.8 Å². The minimum absolute atomic E-state index is 0.664. The van der Waals surface area contributed by atoms with E-state index in [2.05, 4.69) is 64.6 Å². The van der Waals surface area contributed by atoms with Gasteiger partial charge in [-0.15, -0.1) is 0 Å². The van der Waals surface area contributed by atoms with Crippen molar-refractivity contribution in [3.05, 3.63) is 24.3 Å². The zero-order valence-corrected chi connectivity index (χ0v) is 18.5. The summed E-state index contributed by atoms with van der Waals surface area (Å²) >= 11 is 0. The molecule has 0 radical (unpaired) electrons. The average molecular weight is 375 g/mol. The SMILES string of the molecule is CC.CCCCN1CCN(c2cccc(N3CCN(C(C)C)CC3)c2)CC1. The molecule has 0 aromatic heterocycles. The lowest BCUT2D eigenvalue weighted by molar-refractivity contribution is 0.209. The molecule has 0 saturated carbocycles. The molecule has 2 heterocycles. The molecule has 4 nitrogen and oxygen atoms in total. The van der Waals surface area contributed by atoms with Gasteiger partial charge in [0.2, 0.25) is 0 Å². The van der Waals surface area contributed by atoms with E-state index < -0.39 is 0 Å². The third-order valence-corrected chi connectivity index (χ3v) is 5.80. The number of nitrogens with zero attached hydrogens (tertiary/aromatic N) is 4. The Hall–Kier alpha value is -1.26. The van der Waals surface area contributed by atoms with Crippen molar-refractivity contribution in [2.45, 2.75) is 53.5 Å². The Morgan fingerprint density at radius 2 is 1.33 bits per heavy atom. The maximum absolute atomic E-state index is 2.62. The topological polar surface area (TPSA) is 13.0 Å². The van der Waals surface area contributed by atoms with Crippen LogP contribution in [0.4, 0.5) is 11.4 Å². The lowest BCUT2D eigenvalue weighted by Gasteiger charge is -2.39. The van der Waals surface area contributed by atoms with Crippen molar-refractivity contribution < 1.29 is 0 Å². The molecule has 1 aromatic rings. The van der Waals surface area contributed by atoms with Crippen molar-refractivity contribution >= 4 is 11.4 Å². The van der Waals surface area contributed by atoms with Crippen molar-refractivity contribution in [2.24, 2.45) is 0 Å². The lowest BCUT2D eigenvalue weighted by Crippen LogP contribution is -2.49. The van der Waals surface area contributed by atoms with Gasteiger partial charge < -0.3 is 9.80 Å². The van der Waals surface area contributed by atoms with Crippen LogP contribution in [-0.4, -0.2) is 74.7 Å². The summed E-state index contributed by atoms with van der Waals surface area (Å²) in [7, 11) is 0. The number of hydrogen-bond donors (Lipinski definition) is 0. The molecule has 154 valence electrons. The first-order valence-corrected chi connectivity index (χ1v) is 11.2. The summed E-state index contributed by atoms with van der Waals surface area (Å²) < 4.78 is 0. The number of piperazine rings is 2. The zero-order chi connectivity index (χ0) is 19.6. The molecule has 0 aliphatic carbocycles. The van der Waals surface area contributed by atoms with E-state index >= 15 is 0 Å². The van der Waals surface area contributed by atoms with Gasteiger partial charge >= 0.3 is 0 Å². The molecule has 3 rings (SSSR count). The van der Waals surface area contributed by atoms with Crippen molar-refractivity contribution in [3.8, 4) is 0 Å². The van der Waals surface area contributed by atoms with Crippen LogP contribution >= 0.6 is 0 Å². The molecule has 0 unspecified atom stereocenters. The Bertz CT molecular complexity index is 515. The molecule has 1 aromatic carbocycles. The van der Waals surface area contributed by atoms with Gasteiger partial charge in [-0.3, -0.25) is 9.80 Å². The molecular formula is C23H42N4. The van der Waals surface area contributed by atoms with E-state index in [0.717, 1.165) is 26.2 Å². The predicted molar refractivity (Wildman–Crippen MR) is 120 cm³/mol. The first kappa shape index (κ1) is 22.0. The second kappa shape index (κ2) is 11.6. The molecule has 0 spiro atoms. The van der Waals surface area contributed by atoms with E-state index in [0.29, 0.717) is 6.04 Å². The Morgan fingerprint density at radius 3 is 1.81 bits per heavy atom. The van der Waals surface area contributed by atoms with Crippen LogP contribution in [0.1, 0.15) is 47.5 Å². The summed E-state index contributed by atoms with van der Waals surface area (Å²) in [4.78, 5) is 10.3. The first-order valence-electron chi connectivity index (χ1n) is 11.2. The Balaban J connectivity index is 0.00000126. The van der Waals surface area contributed by atoms with E-state index in [4.69, 9.17) is 0 Å². The van der Waals surface area contributed by atoms with Gasteiger partial charge in [0.25, 0.3) is 0 Å². The van der Waals surface area contributed by atoms with Crippen molar-refractivity contribution in [1.82, 2.24) is 9.80 Å². The van der Waals surface area contributed by atoms with Gasteiger partial charge in [-0.25, -0.2) is 0 Å².